The molecule has 0 aliphatic heterocycles. The van der Waals surface area contributed by atoms with E-state index in [9.17, 15) is 0 Å². The van der Waals surface area contributed by atoms with Crippen LogP contribution in [0.15, 0.2) is 0 Å². The first-order valence-electron chi connectivity index (χ1n) is 6.58. The summed E-state index contributed by atoms with van der Waals surface area (Å²) in [6.07, 6.45) is 1.83. The molecule has 0 aliphatic rings. The van der Waals surface area contributed by atoms with Gasteiger partial charge in [-0.15, -0.1) is 0 Å². The molecule has 0 atom stereocenters. The molecule has 0 aromatic carbocycles. The van der Waals surface area contributed by atoms with E-state index in [2.05, 4.69) is 27.1 Å². The summed E-state index contributed by atoms with van der Waals surface area (Å²) in [5.74, 6) is 2.64. The Hall–Kier alpha value is -1.36. The van der Waals surface area contributed by atoms with Gasteiger partial charge < -0.3 is 15.3 Å². The van der Waals surface area contributed by atoms with Crippen molar-refractivity contribution in [3.63, 3.8) is 0 Å². The van der Waals surface area contributed by atoms with Crippen molar-refractivity contribution in [1.82, 2.24) is 9.97 Å². The van der Waals surface area contributed by atoms with Crippen molar-refractivity contribution in [2.75, 3.05) is 37.0 Å². The van der Waals surface area contributed by atoms with Crippen LogP contribution in [0.1, 0.15) is 31.7 Å². The SMILES string of the molecule is CCCN(CCO)c1nc(CC)nc(NC)c1C. The van der Waals surface area contributed by atoms with Crippen LogP contribution in [0.25, 0.3) is 0 Å². The smallest absolute Gasteiger partial charge is 0.137 e. The number of rotatable bonds is 7. The van der Waals surface area contributed by atoms with Gasteiger partial charge in [0.1, 0.15) is 17.5 Å². The van der Waals surface area contributed by atoms with Gasteiger partial charge >= 0.3 is 0 Å². The molecule has 1 aromatic rings. The molecule has 0 bridgehead atoms. The van der Waals surface area contributed by atoms with Gasteiger partial charge in [0.25, 0.3) is 0 Å². The van der Waals surface area contributed by atoms with E-state index in [-0.39, 0.29) is 6.61 Å². The maximum atomic E-state index is 9.17. The van der Waals surface area contributed by atoms with Crippen LogP contribution >= 0.6 is 0 Å². The molecule has 0 aliphatic carbocycles. The number of aliphatic hydroxyl groups is 1. The van der Waals surface area contributed by atoms with E-state index in [0.717, 1.165) is 42.4 Å². The molecule has 1 aromatic heterocycles. The highest BCUT2D eigenvalue weighted by Gasteiger charge is 2.14. The fourth-order valence-corrected chi connectivity index (χ4v) is 1.97. The van der Waals surface area contributed by atoms with Crippen LogP contribution in [-0.4, -0.2) is 41.8 Å². The summed E-state index contributed by atoms with van der Waals surface area (Å²) in [4.78, 5) is 11.2. The van der Waals surface area contributed by atoms with Gasteiger partial charge in [0.15, 0.2) is 0 Å². The first-order chi connectivity index (χ1) is 8.67. The van der Waals surface area contributed by atoms with Crippen molar-refractivity contribution < 1.29 is 5.11 Å². The lowest BCUT2D eigenvalue weighted by Gasteiger charge is -2.25. The molecule has 0 amide bonds. The molecule has 5 heteroatoms. The molecule has 0 spiro atoms. The van der Waals surface area contributed by atoms with Crippen LogP contribution in [0.2, 0.25) is 0 Å². The molecule has 2 N–H and O–H groups in total. The second-order valence-corrected chi connectivity index (χ2v) is 4.25. The molecule has 0 unspecified atom stereocenters. The highest BCUT2D eigenvalue weighted by Crippen LogP contribution is 2.23. The van der Waals surface area contributed by atoms with E-state index in [1.54, 1.807) is 0 Å². The minimum absolute atomic E-state index is 0.139. The van der Waals surface area contributed by atoms with E-state index in [1.165, 1.54) is 0 Å². The number of aliphatic hydroxyl groups excluding tert-OH is 1. The van der Waals surface area contributed by atoms with Gasteiger partial charge in [-0.1, -0.05) is 13.8 Å². The maximum Gasteiger partial charge on any atom is 0.137 e. The van der Waals surface area contributed by atoms with Gasteiger partial charge in [-0.2, -0.15) is 0 Å². The summed E-state index contributed by atoms with van der Waals surface area (Å²) in [5.41, 5.74) is 1.04. The molecule has 0 saturated carbocycles. The summed E-state index contributed by atoms with van der Waals surface area (Å²) in [6.45, 7) is 7.83. The maximum absolute atomic E-state index is 9.17. The van der Waals surface area contributed by atoms with E-state index >= 15 is 0 Å². The number of anilines is 2. The van der Waals surface area contributed by atoms with Crippen LogP contribution in [0, 0.1) is 6.92 Å². The van der Waals surface area contributed by atoms with Gasteiger partial charge in [-0.05, 0) is 13.3 Å². The van der Waals surface area contributed by atoms with Gasteiger partial charge in [0.2, 0.25) is 0 Å². The minimum atomic E-state index is 0.139. The standard InChI is InChI=1S/C13H24N4O/c1-5-7-17(8-9-18)13-10(3)12(14-4)15-11(6-2)16-13/h18H,5-9H2,1-4H3,(H,14,15,16). The Morgan fingerprint density at radius 2 is 1.94 bits per heavy atom. The lowest BCUT2D eigenvalue weighted by atomic mass is 10.2. The Morgan fingerprint density at radius 3 is 2.44 bits per heavy atom. The summed E-state index contributed by atoms with van der Waals surface area (Å²) in [6, 6.07) is 0. The fourth-order valence-electron chi connectivity index (χ4n) is 1.97. The van der Waals surface area contributed by atoms with Gasteiger partial charge in [0.05, 0.1) is 6.61 Å². The molecule has 18 heavy (non-hydrogen) atoms. The third-order valence-corrected chi connectivity index (χ3v) is 2.88. The highest BCUT2D eigenvalue weighted by atomic mass is 16.3. The zero-order valence-corrected chi connectivity index (χ0v) is 11.8. The van der Waals surface area contributed by atoms with E-state index in [1.807, 2.05) is 20.9 Å². The number of aromatic nitrogens is 2. The zero-order chi connectivity index (χ0) is 13.5. The molecule has 0 fully saturated rings. The summed E-state index contributed by atoms with van der Waals surface area (Å²) >= 11 is 0. The number of aryl methyl sites for hydroxylation is 1. The predicted molar refractivity (Wildman–Crippen MR) is 75.3 cm³/mol. The van der Waals surface area contributed by atoms with Crippen molar-refractivity contribution in [3.05, 3.63) is 11.4 Å². The summed E-state index contributed by atoms with van der Waals surface area (Å²) in [5, 5.41) is 12.3. The second kappa shape index (κ2) is 7.16. The van der Waals surface area contributed by atoms with Crippen LogP contribution in [0.5, 0.6) is 0 Å². The lowest BCUT2D eigenvalue weighted by molar-refractivity contribution is 0.301. The number of nitrogens with zero attached hydrogens (tertiary/aromatic N) is 3. The van der Waals surface area contributed by atoms with Crippen LogP contribution in [0.3, 0.4) is 0 Å². The van der Waals surface area contributed by atoms with Gasteiger partial charge in [-0.25, -0.2) is 9.97 Å². The summed E-state index contributed by atoms with van der Waals surface area (Å²) in [7, 11) is 1.87. The zero-order valence-electron chi connectivity index (χ0n) is 11.8. The topological polar surface area (TPSA) is 61.3 Å². The minimum Gasteiger partial charge on any atom is -0.395 e. The monoisotopic (exact) mass is 252 g/mol. The first kappa shape index (κ1) is 14.7. The Bertz CT molecular complexity index is 375. The molecule has 1 rings (SSSR count). The van der Waals surface area contributed by atoms with Gasteiger partial charge in [-0.3, -0.25) is 0 Å². The number of nitrogens with one attached hydrogen (secondary N) is 1. The van der Waals surface area contributed by atoms with Crippen molar-refractivity contribution in [2.24, 2.45) is 0 Å². The summed E-state index contributed by atoms with van der Waals surface area (Å²) < 4.78 is 0. The molecule has 5 nitrogen and oxygen atoms in total. The van der Waals surface area contributed by atoms with E-state index < -0.39 is 0 Å². The molecule has 0 radical (unpaired) electrons. The highest BCUT2D eigenvalue weighted by molar-refractivity contribution is 5.58. The third kappa shape index (κ3) is 3.32. The second-order valence-electron chi connectivity index (χ2n) is 4.25. The van der Waals surface area contributed by atoms with E-state index in [0.29, 0.717) is 6.54 Å². The molecular weight excluding hydrogens is 228 g/mol. The lowest BCUT2D eigenvalue weighted by Crippen LogP contribution is -2.29. The van der Waals surface area contributed by atoms with Crippen molar-refractivity contribution >= 4 is 11.6 Å². The van der Waals surface area contributed by atoms with Crippen LogP contribution in [0.4, 0.5) is 11.6 Å². The van der Waals surface area contributed by atoms with E-state index in [4.69, 9.17) is 5.11 Å². The van der Waals surface area contributed by atoms with Gasteiger partial charge in [0, 0.05) is 32.1 Å². The Morgan fingerprint density at radius 1 is 1.22 bits per heavy atom. The molecule has 0 saturated heterocycles. The average Bonchev–Trinajstić information content (AvgIpc) is 2.39. The number of hydrogen-bond donors (Lipinski definition) is 2. The fraction of sp³-hybridized carbons (Fsp3) is 0.692. The Kier molecular flexibility index (Phi) is 5.85. The van der Waals surface area contributed by atoms with Crippen LogP contribution in [-0.2, 0) is 6.42 Å². The average molecular weight is 252 g/mol. The predicted octanol–water partition coefficient (Wildman–Crippen LogP) is 1.60. The van der Waals surface area contributed by atoms with Crippen LogP contribution < -0.4 is 10.2 Å². The Labute approximate surface area is 109 Å². The Balaban J connectivity index is 3.17. The van der Waals surface area contributed by atoms with Crippen molar-refractivity contribution in [2.45, 2.75) is 33.6 Å². The largest absolute Gasteiger partial charge is 0.395 e. The third-order valence-electron chi connectivity index (χ3n) is 2.88. The van der Waals surface area contributed by atoms with Crippen molar-refractivity contribution in [1.29, 1.82) is 0 Å². The quantitative estimate of drug-likeness (QED) is 0.772. The normalized spacial score (nSPS) is 10.5. The molecule has 102 valence electrons. The number of hydrogen-bond acceptors (Lipinski definition) is 5. The van der Waals surface area contributed by atoms with Crippen molar-refractivity contribution in [3.8, 4) is 0 Å². The first-order valence-corrected chi connectivity index (χ1v) is 6.58. The molecular formula is C13H24N4O. The molecule has 1 heterocycles.